The molecule has 0 aliphatic heterocycles. The molecule has 3 rings (SSSR count). The molecular weight excluding hydrogens is 740 g/mol. The molecule has 37 heavy (non-hydrogen) atoms. The number of H-pyrrole nitrogens is 1. The van der Waals surface area contributed by atoms with Gasteiger partial charge < -0.3 is 10.5 Å². The molecule has 0 aliphatic rings. The molecule has 0 fully saturated rings. The van der Waals surface area contributed by atoms with E-state index < -0.39 is 35.9 Å². The van der Waals surface area contributed by atoms with E-state index in [1.54, 1.807) is 26.0 Å². The Labute approximate surface area is 250 Å². The summed E-state index contributed by atoms with van der Waals surface area (Å²) in [5.74, 6) is -1.77. The van der Waals surface area contributed by atoms with Crippen LogP contribution in [0.2, 0.25) is 0 Å². The maximum Gasteiger partial charge on any atom is 0.417 e. The molecule has 1 aromatic heterocycles. The van der Waals surface area contributed by atoms with Crippen LogP contribution in [0.1, 0.15) is 25.0 Å². The molecule has 0 aliphatic carbocycles. The van der Waals surface area contributed by atoms with Crippen molar-refractivity contribution in [2.45, 2.75) is 39.0 Å². The van der Waals surface area contributed by atoms with Gasteiger partial charge in [-0.05, 0) is 93.0 Å². The van der Waals surface area contributed by atoms with E-state index in [9.17, 15) is 14.4 Å². The number of nitrogens with one attached hydrogen (secondary N) is 2. The smallest absolute Gasteiger partial charge is 0.417 e. The van der Waals surface area contributed by atoms with Gasteiger partial charge in [0.05, 0.1) is 6.04 Å². The van der Waals surface area contributed by atoms with Crippen molar-refractivity contribution in [3.05, 3.63) is 70.8 Å². The number of hydrogen-bond acceptors (Lipinski definition) is 8. The first kappa shape index (κ1) is 29.6. The Hall–Kier alpha value is -1.95. The number of ether oxygens (including phenoxy) is 1. The lowest BCUT2D eigenvalue weighted by atomic mass is 9.99. The first-order chi connectivity index (χ1) is 17.6. The third-order valence-corrected chi connectivity index (χ3v) is 9.11. The summed E-state index contributed by atoms with van der Waals surface area (Å²) in [5, 5.41) is 9.39. The number of carbonyl (C=O) groups is 3. The Morgan fingerprint density at radius 2 is 1.84 bits per heavy atom. The maximum atomic E-state index is 13.6. The minimum atomic E-state index is -1.20. The molecule has 196 valence electrons. The van der Waals surface area contributed by atoms with Crippen LogP contribution < -0.4 is 11.1 Å². The molecule has 0 saturated carbocycles. The summed E-state index contributed by atoms with van der Waals surface area (Å²) in [5.41, 5.74) is 7.89. The van der Waals surface area contributed by atoms with Crippen LogP contribution in [0.15, 0.2) is 48.5 Å². The van der Waals surface area contributed by atoms with Crippen LogP contribution in [-0.2, 0) is 27.4 Å². The minimum absolute atomic E-state index is 0.0683. The van der Waals surface area contributed by atoms with Gasteiger partial charge in [0.25, 0.3) is 0 Å². The van der Waals surface area contributed by atoms with Gasteiger partial charge in [-0.2, -0.15) is 0 Å². The van der Waals surface area contributed by atoms with Gasteiger partial charge in [0.2, 0.25) is 16.9 Å². The number of benzene rings is 2. The number of nitrogens with two attached hydrogens (primary N) is 1. The average molecular weight is 765 g/mol. The lowest BCUT2D eigenvalue weighted by Crippen LogP contribution is -2.57. The third kappa shape index (κ3) is 8.27. The van der Waals surface area contributed by atoms with E-state index in [0.29, 0.717) is 3.95 Å². The Kier molecular flexibility index (Phi) is 11.0. The second kappa shape index (κ2) is 13.7. The first-order valence-electron chi connectivity index (χ1n) is 11.2. The van der Waals surface area contributed by atoms with Crippen molar-refractivity contribution in [3.8, 4) is 0 Å². The Balaban J connectivity index is 1.88. The number of imide groups is 1. The summed E-state index contributed by atoms with van der Waals surface area (Å²) in [6.07, 6.45) is -0.772. The molecule has 2 atom stereocenters. The second-order valence-electron chi connectivity index (χ2n) is 8.40. The number of amides is 3. The lowest BCUT2D eigenvalue weighted by molar-refractivity contribution is -0.139. The van der Waals surface area contributed by atoms with E-state index in [2.05, 4.69) is 60.7 Å². The fourth-order valence-electron chi connectivity index (χ4n) is 3.50. The zero-order valence-corrected chi connectivity index (χ0v) is 25.9. The molecule has 1 heterocycles. The Morgan fingerprint density at radius 3 is 2.43 bits per heavy atom. The van der Waals surface area contributed by atoms with Crippen molar-refractivity contribution in [1.82, 2.24) is 15.1 Å². The molecule has 0 spiro atoms. The molecular formula is C24H25I2N5O4S2. The molecule has 9 nitrogen and oxygen atoms in total. The molecule has 3 aromatic rings. The summed E-state index contributed by atoms with van der Waals surface area (Å²) >= 11 is 10.5. The van der Waals surface area contributed by atoms with Crippen LogP contribution in [-0.4, -0.2) is 45.1 Å². The molecule has 13 heteroatoms. The fourth-order valence-corrected chi connectivity index (χ4v) is 5.20. The van der Waals surface area contributed by atoms with E-state index >= 15 is 0 Å². The summed E-state index contributed by atoms with van der Waals surface area (Å²) in [4.78, 5) is 41.1. The maximum absolute atomic E-state index is 13.6. The fraction of sp³-hybridized carbons (Fsp3) is 0.292. The van der Waals surface area contributed by atoms with E-state index in [0.717, 1.165) is 34.5 Å². The first-order valence-corrected chi connectivity index (χ1v) is 14.5. The van der Waals surface area contributed by atoms with Crippen molar-refractivity contribution in [3.63, 3.8) is 0 Å². The van der Waals surface area contributed by atoms with E-state index in [1.165, 1.54) is 0 Å². The number of aromatic amines is 1. The summed E-state index contributed by atoms with van der Waals surface area (Å²) in [6, 6.07) is 12.5. The van der Waals surface area contributed by atoms with Gasteiger partial charge >= 0.3 is 6.09 Å². The van der Waals surface area contributed by atoms with Gasteiger partial charge in [0.15, 0.2) is 3.95 Å². The molecule has 0 bridgehead atoms. The predicted octanol–water partition coefficient (Wildman–Crippen LogP) is 5.11. The number of anilines is 1. The number of carbonyl (C=O) groups excluding carboxylic acids is 3. The lowest BCUT2D eigenvalue weighted by Gasteiger charge is -2.32. The zero-order chi connectivity index (χ0) is 27.1. The van der Waals surface area contributed by atoms with Crippen molar-refractivity contribution >= 4 is 91.8 Å². The largest absolute Gasteiger partial charge is 0.444 e. The normalized spacial score (nSPS) is 12.6. The standard InChI is InChI=1S/C24H25I2N5O4S2/c1-13(2)19(20(32)28-22-29-30-23(36)37-22)31(24(34)35-12-14-6-4-3-5-7-14)21(33)18(27)11-15-8-9-16(25)17(26)10-15/h3-10,13,18-19H,11-12,27H2,1-2H3,(H,30,36)(H,28,29,32)/t18-,19-/m0/s1. The van der Waals surface area contributed by atoms with E-state index in [4.69, 9.17) is 22.7 Å². The van der Waals surface area contributed by atoms with Crippen LogP contribution >= 0.6 is 68.7 Å². The highest BCUT2D eigenvalue weighted by atomic mass is 127. The topological polar surface area (TPSA) is 130 Å². The second-order valence-corrected chi connectivity index (χ2v) is 12.4. The van der Waals surface area contributed by atoms with Gasteiger partial charge in [-0.25, -0.2) is 9.69 Å². The monoisotopic (exact) mass is 765 g/mol. The number of halogens is 2. The number of rotatable bonds is 9. The Bertz CT molecular complexity index is 1320. The number of nitrogens with zero attached hydrogens (tertiary/aromatic N) is 2. The number of aromatic nitrogens is 2. The minimum Gasteiger partial charge on any atom is -0.444 e. The SMILES string of the molecule is CC(C)[C@@H](C(=O)Nc1n[nH]c(=S)s1)N(C(=O)OCc1ccccc1)C(=O)[C@@H](N)Cc1ccc(I)c(I)c1. The van der Waals surface area contributed by atoms with Crippen LogP contribution in [0.4, 0.5) is 9.93 Å². The Morgan fingerprint density at radius 1 is 1.14 bits per heavy atom. The van der Waals surface area contributed by atoms with Crippen molar-refractivity contribution in [2.75, 3.05) is 5.32 Å². The van der Waals surface area contributed by atoms with E-state index in [1.807, 2.05) is 36.4 Å². The highest BCUT2D eigenvalue weighted by Crippen LogP contribution is 2.21. The highest BCUT2D eigenvalue weighted by Gasteiger charge is 2.40. The number of hydrogen-bond donors (Lipinski definition) is 3. The highest BCUT2D eigenvalue weighted by molar-refractivity contribution is 14.1. The van der Waals surface area contributed by atoms with Gasteiger partial charge in [-0.3, -0.25) is 20.0 Å². The summed E-state index contributed by atoms with van der Waals surface area (Å²) in [6.45, 7) is 3.39. The molecule has 0 unspecified atom stereocenters. The molecule has 4 N–H and O–H groups in total. The summed E-state index contributed by atoms with van der Waals surface area (Å²) in [7, 11) is 0. The average Bonchev–Trinajstić information content (AvgIpc) is 3.27. The zero-order valence-electron chi connectivity index (χ0n) is 19.9. The van der Waals surface area contributed by atoms with Crippen LogP contribution in [0.3, 0.4) is 0 Å². The van der Waals surface area contributed by atoms with Crippen LogP contribution in [0.25, 0.3) is 0 Å². The quantitative estimate of drug-likeness (QED) is 0.204. The predicted molar refractivity (Wildman–Crippen MR) is 162 cm³/mol. The third-order valence-electron chi connectivity index (χ3n) is 5.24. The van der Waals surface area contributed by atoms with Crippen molar-refractivity contribution in [1.29, 1.82) is 0 Å². The van der Waals surface area contributed by atoms with Gasteiger partial charge in [0, 0.05) is 7.14 Å². The van der Waals surface area contributed by atoms with Gasteiger partial charge in [0.1, 0.15) is 12.6 Å². The molecule has 0 saturated heterocycles. The van der Waals surface area contributed by atoms with Crippen molar-refractivity contribution < 1.29 is 19.1 Å². The summed E-state index contributed by atoms with van der Waals surface area (Å²) < 4.78 is 7.95. The van der Waals surface area contributed by atoms with Crippen LogP contribution in [0.5, 0.6) is 0 Å². The molecule has 0 radical (unpaired) electrons. The van der Waals surface area contributed by atoms with Gasteiger partial charge in [-0.15, -0.1) is 5.10 Å². The molecule has 2 aromatic carbocycles. The van der Waals surface area contributed by atoms with E-state index in [-0.39, 0.29) is 18.2 Å². The van der Waals surface area contributed by atoms with Crippen LogP contribution in [0, 0.1) is 17.0 Å². The van der Waals surface area contributed by atoms with Crippen molar-refractivity contribution in [2.24, 2.45) is 11.7 Å². The molecule has 3 amide bonds. The van der Waals surface area contributed by atoms with Gasteiger partial charge in [-0.1, -0.05) is 61.6 Å².